The molecule has 0 fully saturated rings. The van der Waals surface area contributed by atoms with Crippen LogP contribution in [0.4, 0.5) is 13.2 Å². The smallest absolute Gasteiger partial charge is 0.389 e. The van der Waals surface area contributed by atoms with Crippen molar-refractivity contribution in [3.63, 3.8) is 0 Å². The summed E-state index contributed by atoms with van der Waals surface area (Å²) < 4.78 is 41.1. The van der Waals surface area contributed by atoms with Crippen molar-refractivity contribution >= 4 is 0 Å². The Labute approximate surface area is 81.1 Å². The van der Waals surface area contributed by atoms with E-state index in [0.717, 1.165) is 6.42 Å². The lowest BCUT2D eigenvalue weighted by Gasteiger charge is -2.18. The zero-order chi connectivity index (χ0) is 10.6. The molecule has 82 valence electrons. The Morgan fingerprint density at radius 2 is 2.29 bits per heavy atom. The summed E-state index contributed by atoms with van der Waals surface area (Å²) in [5.41, 5.74) is 0. The van der Waals surface area contributed by atoms with Gasteiger partial charge >= 0.3 is 6.18 Å². The van der Waals surface area contributed by atoms with E-state index in [9.17, 15) is 13.2 Å². The van der Waals surface area contributed by atoms with E-state index in [1.807, 2.05) is 6.08 Å². The number of alkyl halides is 3. The Morgan fingerprint density at radius 1 is 1.57 bits per heavy atom. The van der Waals surface area contributed by atoms with Crippen LogP contribution in [0.1, 0.15) is 19.3 Å². The highest BCUT2D eigenvalue weighted by molar-refractivity contribution is 5.06. The zero-order valence-electron chi connectivity index (χ0n) is 8.03. The Hall–Kier alpha value is -0.710. The van der Waals surface area contributed by atoms with E-state index in [1.165, 1.54) is 0 Å². The van der Waals surface area contributed by atoms with Crippen LogP contribution in [0.25, 0.3) is 0 Å². The number of rotatable bonds is 4. The van der Waals surface area contributed by atoms with Crippen LogP contribution in [-0.2, 0) is 4.74 Å². The molecule has 0 amide bonds. The van der Waals surface area contributed by atoms with E-state index in [4.69, 9.17) is 4.74 Å². The summed E-state index contributed by atoms with van der Waals surface area (Å²) in [5.74, 6) is 0.650. The van der Waals surface area contributed by atoms with Gasteiger partial charge in [0.25, 0.3) is 0 Å². The van der Waals surface area contributed by atoms with Crippen LogP contribution < -0.4 is 5.32 Å². The highest BCUT2D eigenvalue weighted by Gasteiger charge is 2.29. The molecule has 0 spiro atoms. The summed E-state index contributed by atoms with van der Waals surface area (Å²) in [7, 11) is 1.64. The number of nitrogens with one attached hydrogen (secondary N) is 1. The molecule has 0 aromatic rings. The molecular formula is C9H14F3NO. The van der Waals surface area contributed by atoms with E-state index in [2.05, 4.69) is 5.32 Å². The molecule has 0 aromatic heterocycles. The molecule has 1 unspecified atom stereocenters. The minimum Gasteiger partial charge on any atom is -0.496 e. The van der Waals surface area contributed by atoms with Crippen LogP contribution in [0.2, 0.25) is 0 Å². The van der Waals surface area contributed by atoms with Gasteiger partial charge in [-0.2, -0.15) is 13.2 Å². The molecule has 0 bridgehead atoms. The third kappa shape index (κ3) is 3.57. The van der Waals surface area contributed by atoms with Crippen molar-refractivity contribution in [2.75, 3.05) is 13.7 Å². The van der Waals surface area contributed by atoms with Gasteiger partial charge in [0.1, 0.15) is 5.76 Å². The first-order valence-electron chi connectivity index (χ1n) is 4.60. The van der Waals surface area contributed by atoms with Crippen molar-refractivity contribution in [1.29, 1.82) is 0 Å². The second kappa shape index (κ2) is 4.68. The van der Waals surface area contributed by atoms with E-state index in [0.29, 0.717) is 12.4 Å². The third-order valence-electron chi connectivity index (χ3n) is 2.14. The summed E-state index contributed by atoms with van der Waals surface area (Å²) in [6.45, 7) is 0.583. The number of hydrogen-bond acceptors (Lipinski definition) is 2. The summed E-state index contributed by atoms with van der Waals surface area (Å²) in [6.07, 6.45) is -2.20. The Balaban J connectivity index is 2.39. The molecule has 1 aliphatic heterocycles. The zero-order valence-corrected chi connectivity index (χ0v) is 8.03. The molecule has 0 radical (unpaired) electrons. The van der Waals surface area contributed by atoms with Gasteiger partial charge in [-0.15, -0.1) is 0 Å². The van der Waals surface area contributed by atoms with Gasteiger partial charge in [0.15, 0.2) is 0 Å². The quantitative estimate of drug-likeness (QED) is 0.766. The standard InChI is InChI=1S/C9H14F3NO/c1-13-7(4-5-9(10,11)12)8-3-2-6-14-8/h3,7,13H,2,4-6H2,1H3. The second-order valence-corrected chi connectivity index (χ2v) is 3.24. The lowest BCUT2D eigenvalue weighted by Crippen LogP contribution is -2.29. The average molecular weight is 209 g/mol. The van der Waals surface area contributed by atoms with E-state index < -0.39 is 12.6 Å². The maximum atomic E-state index is 12.0. The van der Waals surface area contributed by atoms with Crippen molar-refractivity contribution < 1.29 is 17.9 Å². The monoisotopic (exact) mass is 209 g/mol. The van der Waals surface area contributed by atoms with Crippen LogP contribution in [-0.4, -0.2) is 25.9 Å². The summed E-state index contributed by atoms with van der Waals surface area (Å²) >= 11 is 0. The maximum Gasteiger partial charge on any atom is 0.389 e. The third-order valence-corrected chi connectivity index (χ3v) is 2.14. The summed E-state index contributed by atoms with van der Waals surface area (Å²) in [4.78, 5) is 0. The van der Waals surface area contributed by atoms with Gasteiger partial charge in [0.05, 0.1) is 12.6 Å². The van der Waals surface area contributed by atoms with E-state index in [-0.39, 0.29) is 12.5 Å². The molecule has 14 heavy (non-hydrogen) atoms. The van der Waals surface area contributed by atoms with Gasteiger partial charge in [0, 0.05) is 12.8 Å². The number of hydrogen-bond donors (Lipinski definition) is 1. The second-order valence-electron chi connectivity index (χ2n) is 3.24. The Kier molecular flexibility index (Phi) is 3.80. The fraction of sp³-hybridized carbons (Fsp3) is 0.778. The predicted octanol–water partition coefficient (Wildman–Crippen LogP) is 2.22. The van der Waals surface area contributed by atoms with Crippen LogP contribution in [0.3, 0.4) is 0 Å². The number of likely N-dealkylation sites (N-methyl/N-ethyl adjacent to an activating group) is 1. The molecular weight excluding hydrogens is 195 g/mol. The number of ether oxygens (including phenoxy) is 1. The highest BCUT2D eigenvalue weighted by Crippen LogP contribution is 2.25. The van der Waals surface area contributed by atoms with Crippen molar-refractivity contribution in [3.8, 4) is 0 Å². The largest absolute Gasteiger partial charge is 0.496 e. The van der Waals surface area contributed by atoms with Gasteiger partial charge < -0.3 is 10.1 Å². The van der Waals surface area contributed by atoms with Crippen LogP contribution in [0.5, 0.6) is 0 Å². The maximum absolute atomic E-state index is 12.0. The normalized spacial score (nSPS) is 19.0. The first-order chi connectivity index (χ1) is 6.53. The molecule has 1 rings (SSSR count). The molecule has 1 heterocycles. The van der Waals surface area contributed by atoms with Crippen LogP contribution in [0, 0.1) is 0 Å². The van der Waals surface area contributed by atoms with Crippen molar-refractivity contribution in [2.45, 2.75) is 31.5 Å². The Bertz CT molecular complexity index is 213. The van der Waals surface area contributed by atoms with Crippen LogP contribution >= 0.6 is 0 Å². The fourth-order valence-corrected chi connectivity index (χ4v) is 1.42. The van der Waals surface area contributed by atoms with Gasteiger partial charge in [-0.05, 0) is 19.5 Å². The van der Waals surface area contributed by atoms with Gasteiger partial charge in [-0.1, -0.05) is 0 Å². The molecule has 0 saturated heterocycles. The molecule has 1 aliphatic rings. The highest BCUT2D eigenvalue weighted by atomic mass is 19.4. The average Bonchev–Trinajstić information content (AvgIpc) is 2.56. The predicted molar refractivity (Wildman–Crippen MR) is 46.8 cm³/mol. The van der Waals surface area contributed by atoms with Gasteiger partial charge in [-0.25, -0.2) is 0 Å². The SMILES string of the molecule is CNC(CCC(F)(F)F)C1=CCCO1. The molecule has 0 aliphatic carbocycles. The molecule has 0 saturated carbocycles. The molecule has 1 N–H and O–H groups in total. The van der Waals surface area contributed by atoms with Crippen molar-refractivity contribution in [3.05, 3.63) is 11.8 Å². The van der Waals surface area contributed by atoms with Gasteiger partial charge in [-0.3, -0.25) is 0 Å². The molecule has 5 heteroatoms. The summed E-state index contributed by atoms with van der Waals surface area (Å²) in [5, 5.41) is 2.82. The number of halogens is 3. The van der Waals surface area contributed by atoms with Crippen LogP contribution in [0.15, 0.2) is 11.8 Å². The fourth-order valence-electron chi connectivity index (χ4n) is 1.42. The van der Waals surface area contributed by atoms with Gasteiger partial charge in [0.2, 0.25) is 0 Å². The first kappa shape index (κ1) is 11.4. The van der Waals surface area contributed by atoms with E-state index in [1.54, 1.807) is 7.05 Å². The topological polar surface area (TPSA) is 21.3 Å². The minimum atomic E-state index is -4.09. The Morgan fingerprint density at radius 3 is 2.71 bits per heavy atom. The summed E-state index contributed by atoms with van der Waals surface area (Å²) in [6, 6.07) is -0.306. The molecule has 1 atom stereocenters. The molecule has 2 nitrogen and oxygen atoms in total. The van der Waals surface area contributed by atoms with Crippen molar-refractivity contribution in [1.82, 2.24) is 5.32 Å². The van der Waals surface area contributed by atoms with E-state index >= 15 is 0 Å². The lowest BCUT2D eigenvalue weighted by atomic mass is 10.1. The first-order valence-corrected chi connectivity index (χ1v) is 4.60. The lowest BCUT2D eigenvalue weighted by molar-refractivity contribution is -0.136. The molecule has 0 aromatic carbocycles. The van der Waals surface area contributed by atoms with Crippen molar-refractivity contribution in [2.24, 2.45) is 0 Å². The minimum absolute atomic E-state index is 0.0336.